The van der Waals surface area contributed by atoms with E-state index in [0.29, 0.717) is 0 Å². The SMILES string of the molecule is C=C(C(C)=O)c1ccccc1F.CC. The first-order valence-electron chi connectivity index (χ1n) is 4.57. The highest BCUT2D eigenvalue weighted by Crippen LogP contribution is 2.16. The smallest absolute Gasteiger partial charge is 0.159 e. The molecule has 0 atom stereocenters. The Bertz CT molecular complexity index is 329. The molecule has 0 spiro atoms. The van der Waals surface area contributed by atoms with Crippen molar-refractivity contribution in [2.24, 2.45) is 0 Å². The Balaban J connectivity index is 0.000000791. The highest BCUT2D eigenvalue weighted by Gasteiger charge is 2.07. The summed E-state index contributed by atoms with van der Waals surface area (Å²) in [5.41, 5.74) is 0.498. The van der Waals surface area contributed by atoms with Crippen LogP contribution in [0.5, 0.6) is 0 Å². The predicted molar refractivity (Wildman–Crippen MR) is 57.5 cm³/mol. The lowest BCUT2D eigenvalue weighted by molar-refractivity contribution is -0.111. The molecule has 2 heteroatoms. The fourth-order valence-corrected chi connectivity index (χ4v) is 0.896. The Labute approximate surface area is 84.3 Å². The van der Waals surface area contributed by atoms with E-state index >= 15 is 0 Å². The fraction of sp³-hybridized carbons (Fsp3) is 0.250. The van der Waals surface area contributed by atoms with Gasteiger partial charge < -0.3 is 0 Å². The highest BCUT2D eigenvalue weighted by molar-refractivity contribution is 6.18. The molecule has 1 nitrogen and oxygen atoms in total. The molecule has 0 saturated carbocycles. The van der Waals surface area contributed by atoms with Crippen molar-refractivity contribution in [3.05, 3.63) is 42.2 Å². The number of rotatable bonds is 2. The maximum atomic E-state index is 13.0. The molecule has 0 aromatic heterocycles. The van der Waals surface area contributed by atoms with Gasteiger partial charge in [0.25, 0.3) is 0 Å². The number of carbonyl (C=O) groups is 1. The zero-order chi connectivity index (χ0) is 11.1. The average Bonchev–Trinajstić information content (AvgIpc) is 2.20. The van der Waals surface area contributed by atoms with Crippen LogP contribution >= 0.6 is 0 Å². The van der Waals surface area contributed by atoms with E-state index in [9.17, 15) is 9.18 Å². The summed E-state index contributed by atoms with van der Waals surface area (Å²) in [4.78, 5) is 10.8. The minimum atomic E-state index is -0.405. The normalized spacial score (nSPS) is 8.57. The van der Waals surface area contributed by atoms with Crippen molar-refractivity contribution in [2.75, 3.05) is 0 Å². The Morgan fingerprint density at radius 3 is 2.21 bits per heavy atom. The van der Waals surface area contributed by atoms with Crippen LogP contribution in [0.2, 0.25) is 0 Å². The van der Waals surface area contributed by atoms with Crippen LogP contribution in [-0.2, 0) is 4.79 Å². The van der Waals surface area contributed by atoms with Gasteiger partial charge in [0.1, 0.15) is 5.82 Å². The number of benzene rings is 1. The molecule has 1 aromatic carbocycles. The van der Waals surface area contributed by atoms with Gasteiger partial charge in [-0.2, -0.15) is 0 Å². The molecule has 0 heterocycles. The summed E-state index contributed by atoms with van der Waals surface area (Å²) >= 11 is 0. The van der Waals surface area contributed by atoms with Crippen LogP contribution in [0, 0.1) is 5.82 Å². The predicted octanol–water partition coefficient (Wildman–Crippen LogP) is 3.45. The lowest BCUT2D eigenvalue weighted by Crippen LogP contribution is -1.96. The third-order valence-corrected chi connectivity index (χ3v) is 1.62. The summed E-state index contributed by atoms with van der Waals surface area (Å²) in [6.07, 6.45) is 0. The van der Waals surface area contributed by atoms with Gasteiger partial charge in [-0.15, -0.1) is 0 Å². The van der Waals surface area contributed by atoms with E-state index in [-0.39, 0.29) is 16.9 Å². The van der Waals surface area contributed by atoms with Crippen molar-refractivity contribution < 1.29 is 9.18 Å². The molecule has 76 valence electrons. The lowest BCUT2D eigenvalue weighted by Gasteiger charge is -2.01. The molecule has 14 heavy (non-hydrogen) atoms. The van der Waals surface area contributed by atoms with Gasteiger partial charge in [0.05, 0.1) is 0 Å². The molecular formula is C12H15FO. The summed E-state index contributed by atoms with van der Waals surface area (Å²) in [7, 11) is 0. The van der Waals surface area contributed by atoms with Crippen LogP contribution in [0.25, 0.3) is 5.57 Å². The molecule has 0 aliphatic heterocycles. The second-order valence-electron chi connectivity index (χ2n) is 2.51. The van der Waals surface area contributed by atoms with Crippen molar-refractivity contribution >= 4 is 11.4 Å². The van der Waals surface area contributed by atoms with Crippen molar-refractivity contribution in [3.8, 4) is 0 Å². The number of allylic oxidation sites excluding steroid dienone is 1. The minimum absolute atomic E-state index is 0.208. The van der Waals surface area contributed by atoms with Crippen LogP contribution in [0.1, 0.15) is 26.3 Å². The lowest BCUT2D eigenvalue weighted by atomic mass is 10.0. The van der Waals surface area contributed by atoms with Gasteiger partial charge in [-0.25, -0.2) is 4.39 Å². The standard InChI is InChI=1S/C10H9FO.C2H6/c1-7(8(2)12)9-5-3-4-6-10(9)11;1-2/h3-6H,1H2,2H3;1-2H3. The number of hydrogen-bond acceptors (Lipinski definition) is 1. The third-order valence-electron chi connectivity index (χ3n) is 1.62. The Morgan fingerprint density at radius 1 is 1.29 bits per heavy atom. The molecule has 1 aromatic rings. The summed E-state index contributed by atoms with van der Waals surface area (Å²) in [5, 5.41) is 0. The zero-order valence-electron chi connectivity index (χ0n) is 8.80. The molecule has 0 amide bonds. The van der Waals surface area contributed by atoms with Gasteiger partial charge in [-0.05, 0) is 13.0 Å². The molecular weight excluding hydrogens is 179 g/mol. The number of hydrogen-bond donors (Lipinski definition) is 0. The largest absolute Gasteiger partial charge is 0.295 e. The topological polar surface area (TPSA) is 17.1 Å². The molecule has 0 aliphatic carbocycles. The molecule has 1 rings (SSSR count). The van der Waals surface area contributed by atoms with Gasteiger partial charge in [-0.1, -0.05) is 38.6 Å². The van der Waals surface area contributed by atoms with Gasteiger partial charge in [0, 0.05) is 11.1 Å². The van der Waals surface area contributed by atoms with Crippen LogP contribution in [-0.4, -0.2) is 5.78 Å². The van der Waals surface area contributed by atoms with Crippen molar-refractivity contribution in [3.63, 3.8) is 0 Å². The number of carbonyl (C=O) groups excluding carboxylic acids is 1. The first-order chi connectivity index (χ1) is 6.63. The monoisotopic (exact) mass is 194 g/mol. The van der Waals surface area contributed by atoms with E-state index in [0.717, 1.165) is 0 Å². The van der Waals surface area contributed by atoms with Gasteiger partial charge in [0.15, 0.2) is 5.78 Å². The van der Waals surface area contributed by atoms with Crippen molar-refractivity contribution in [1.82, 2.24) is 0 Å². The number of Topliss-reactive ketones (excluding diaryl/α,β-unsaturated/α-hetero) is 1. The van der Waals surface area contributed by atoms with Crippen LogP contribution in [0.15, 0.2) is 30.8 Å². The van der Waals surface area contributed by atoms with Crippen LogP contribution < -0.4 is 0 Å². The van der Waals surface area contributed by atoms with E-state index in [1.165, 1.54) is 13.0 Å². The van der Waals surface area contributed by atoms with Gasteiger partial charge in [0.2, 0.25) is 0 Å². The fourth-order valence-electron chi connectivity index (χ4n) is 0.896. The van der Waals surface area contributed by atoms with Crippen molar-refractivity contribution in [1.29, 1.82) is 0 Å². The van der Waals surface area contributed by atoms with E-state index < -0.39 is 5.82 Å². The summed E-state index contributed by atoms with van der Waals surface area (Å²) < 4.78 is 13.0. The Kier molecular flexibility index (Phi) is 5.46. The molecule has 0 radical (unpaired) electrons. The Morgan fingerprint density at radius 2 is 1.79 bits per heavy atom. The van der Waals surface area contributed by atoms with E-state index in [4.69, 9.17) is 0 Å². The van der Waals surface area contributed by atoms with Gasteiger partial charge >= 0.3 is 0 Å². The highest BCUT2D eigenvalue weighted by atomic mass is 19.1. The molecule has 0 bridgehead atoms. The second-order valence-corrected chi connectivity index (χ2v) is 2.51. The van der Waals surface area contributed by atoms with Gasteiger partial charge in [-0.3, -0.25) is 4.79 Å². The summed E-state index contributed by atoms with van der Waals surface area (Å²) in [5.74, 6) is -0.613. The second kappa shape index (κ2) is 6.08. The molecule has 0 N–H and O–H groups in total. The molecule has 0 aliphatic rings. The molecule has 0 unspecified atom stereocenters. The molecule has 0 fully saturated rings. The maximum absolute atomic E-state index is 13.0. The minimum Gasteiger partial charge on any atom is -0.295 e. The Hall–Kier alpha value is -1.44. The summed E-state index contributed by atoms with van der Waals surface area (Å²) in [6.45, 7) is 8.87. The quantitative estimate of drug-likeness (QED) is 0.659. The number of ketones is 1. The third kappa shape index (κ3) is 3.13. The summed E-state index contributed by atoms with van der Waals surface area (Å²) in [6, 6.07) is 6.10. The van der Waals surface area contributed by atoms with E-state index in [2.05, 4.69) is 6.58 Å². The first-order valence-corrected chi connectivity index (χ1v) is 4.57. The van der Waals surface area contributed by atoms with Crippen molar-refractivity contribution in [2.45, 2.75) is 20.8 Å². The number of halogens is 1. The van der Waals surface area contributed by atoms with E-state index in [1.807, 2.05) is 13.8 Å². The maximum Gasteiger partial charge on any atom is 0.159 e. The average molecular weight is 194 g/mol. The van der Waals surface area contributed by atoms with Crippen LogP contribution in [0.4, 0.5) is 4.39 Å². The van der Waals surface area contributed by atoms with Crippen LogP contribution in [0.3, 0.4) is 0 Å². The van der Waals surface area contributed by atoms with E-state index in [1.54, 1.807) is 18.2 Å². The zero-order valence-corrected chi connectivity index (χ0v) is 8.80. The molecule has 0 saturated heterocycles. The first kappa shape index (κ1) is 12.6.